The highest BCUT2D eigenvalue weighted by atomic mass is 19.4. The molecule has 0 aromatic rings. The largest absolute Gasteiger partial charge is 0.424 e. The summed E-state index contributed by atoms with van der Waals surface area (Å²) in [7, 11) is 1.36. The van der Waals surface area contributed by atoms with Crippen molar-refractivity contribution in [2.75, 3.05) is 13.6 Å². The van der Waals surface area contributed by atoms with Crippen molar-refractivity contribution in [2.45, 2.75) is 12.3 Å². The maximum absolute atomic E-state index is 11.8. The molecule has 0 aromatic heterocycles. The first-order chi connectivity index (χ1) is 4.52. The van der Waals surface area contributed by atoms with E-state index in [-0.39, 0.29) is 6.54 Å². The van der Waals surface area contributed by atoms with Gasteiger partial charge >= 0.3 is 6.18 Å². The van der Waals surface area contributed by atoms with E-state index in [1.54, 1.807) is 0 Å². The highest BCUT2D eigenvalue weighted by Crippen LogP contribution is 2.26. The molecule has 1 aliphatic rings. The smallest absolute Gasteiger partial charge is 0.271 e. The van der Waals surface area contributed by atoms with Gasteiger partial charge in [0.1, 0.15) is 0 Å². The van der Waals surface area contributed by atoms with Crippen molar-refractivity contribution < 1.29 is 13.2 Å². The lowest BCUT2D eigenvalue weighted by Gasteiger charge is -2.19. The minimum atomic E-state index is -4.25. The van der Waals surface area contributed by atoms with Crippen LogP contribution in [-0.2, 0) is 0 Å². The van der Waals surface area contributed by atoms with Crippen molar-refractivity contribution in [3.05, 3.63) is 0 Å². The van der Waals surface area contributed by atoms with Crippen LogP contribution in [0.5, 0.6) is 0 Å². The molecule has 2 nitrogen and oxygen atoms in total. The Kier molecular flexibility index (Phi) is 1.68. The zero-order valence-electron chi connectivity index (χ0n) is 5.31. The summed E-state index contributed by atoms with van der Waals surface area (Å²) in [4.78, 5) is 4.22. The molecule has 57 valence electrons. The van der Waals surface area contributed by atoms with Gasteiger partial charge in [-0.15, -0.1) is 0 Å². The van der Waals surface area contributed by atoms with E-state index < -0.39 is 12.3 Å². The number of halogens is 3. The fraction of sp³-hybridized carbons (Fsp3) is 0.800. The summed E-state index contributed by atoms with van der Waals surface area (Å²) in [6, 6.07) is 0. The van der Waals surface area contributed by atoms with Gasteiger partial charge in [-0.1, -0.05) is 0 Å². The van der Waals surface area contributed by atoms with Gasteiger partial charge in [-0.05, 0) is 7.05 Å². The summed E-state index contributed by atoms with van der Waals surface area (Å²) < 4.78 is 35.5. The van der Waals surface area contributed by atoms with Crippen LogP contribution >= 0.6 is 0 Å². The molecule has 1 unspecified atom stereocenters. The Bertz CT molecular complexity index is 151. The van der Waals surface area contributed by atoms with Crippen LogP contribution in [0.1, 0.15) is 0 Å². The van der Waals surface area contributed by atoms with E-state index in [2.05, 4.69) is 11.2 Å². The lowest BCUT2D eigenvalue weighted by atomic mass is 10.5. The van der Waals surface area contributed by atoms with Crippen LogP contribution in [0.2, 0.25) is 0 Å². The summed E-state index contributed by atoms with van der Waals surface area (Å²) in [5.41, 5.74) is 0. The van der Waals surface area contributed by atoms with E-state index in [9.17, 15) is 13.2 Å². The molecule has 0 bridgehead atoms. The predicted molar refractivity (Wildman–Crippen MR) is 29.9 cm³/mol. The minimum absolute atomic E-state index is 0.157. The Balaban J connectivity index is 2.64. The first-order valence-corrected chi connectivity index (χ1v) is 2.71. The van der Waals surface area contributed by atoms with Crippen LogP contribution in [0, 0.1) is 0 Å². The monoisotopic (exact) mass is 151 g/mol. The van der Waals surface area contributed by atoms with Crippen molar-refractivity contribution in [2.24, 2.45) is 4.99 Å². The minimum Gasteiger partial charge on any atom is -0.271 e. The topological polar surface area (TPSA) is 15.6 Å². The Morgan fingerprint density at radius 3 is 2.40 bits per heavy atom. The SMILES string of the molecule is CN1C[C]=NC1C(F)(F)F. The maximum atomic E-state index is 11.8. The lowest BCUT2D eigenvalue weighted by molar-refractivity contribution is -0.172. The van der Waals surface area contributed by atoms with E-state index in [1.807, 2.05) is 0 Å². The van der Waals surface area contributed by atoms with Crippen LogP contribution in [0.3, 0.4) is 0 Å². The second-order valence-electron chi connectivity index (χ2n) is 2.12. The van der Waals surface area contributed by atoms with Crippen LogP contribution in [0.4, 0.5) is 13.2 Å². The van der Waals surface area contributed by atoms with Crippen molar-refractivity contribution in [3.63, 3.8) is 0 Å². The third kappa shape index (κ3) is 1.29. The molecule has 1 aliphatic heterocycles. The standard InChI is InChI=1S/C5H6F3N2/c1-10-3-2-9-4(10)5(6,7)8/h4H,3H2,1H3. The molecule has 0 spiro atoms. The van der Waals surface area contributed by atoms with Crippen LogP contribution in [0.25, 0.3) is 0 Å². The average Bonchev–Trinajstić information content (AvgIpc) is 2.11. The third-order valence-corrected chi connectivity index (χ3v) is 1.24. The maximum Gasteiger partial charge on any atom is 0.424 e. The molecule has 1 heterocycles. The molecule has 1 radical (unpaired) electrons. The molecular formula is C5H6F3N2. The molecule has 1 atom stereocenters. The number of nitrogens with zero attached hydrogens (tertiary/aromatic N) is 2. The van der Waals surface area contributed by atoms with Crippen LogP contribution in [-0.4, -0.2) is 37.0 Å². The summed E-state index contributed by atoms with van der Waals surface area (Å²) >= 11 is 0. The second-order valence-corrected chi connectivity index (χ2v) is 2.12. The van der Waals surface area contributed by atoms with Gasteiger partial charge < -0.3 is 0 Å². The summed E-state index contributed by atoms with van der Waals surface area (Å²) in [5.74, 6) is 0. The summed E-state index contributed by atoms with van der Waals surface area (Å²) in [5, 5.41) is 0. The summed E-state index contributed by atoms with van der Waals surface area (Å²) in [6.45, 7) is 0.157. The van der Waals surface area contributed by atoms with E-state index >= 15 is 0 Å². The highest BCUT2D eigenvalue weighted by Gasteiger charge is 2.43. The van der Waals surface area contributed by atoms with Crippen molar-refractivity contribution in [3.8, 4) is 0 Å². The Morgan fingerprint density at radius 2 is 2.20 bits per heavy atom. The molecule has 0 amide bonds. The molecule has 0 saturated heterocycles. The quantitative estimate of drug-likeness (QED) is 0.499. The number of aliphatic imine (C=N–C) groups is 1. The van der Waals surface area contributed by atoms with E-state index in [0.717, 1.165) is 4.90 Å². The number of rotatable bonds is 0. The second kappa shape index (κ2) is 2.23. The molecular weight excluding hydrogens is 145 g/mol. The van der Waals surface area contributed by atoms with Gasteiger partial charge in [0.2, 0.25) is 0 Å². The zero-order chi connectivity index (χ0) is 7.78. The molecule has 0 fully saturated rings. The predicted octanol–water partition coefficient (Wildman–Crippen LogP) is 0.768. The molecule has 1 rings (SSSR count). The molecule has 0 aromatic carbocycles. The van der Waals surface area contributed by atoms with Gasteiger partial charge in [0.15, 0.2) is 6.17 Å². The lowest BCUT2D eigenvalue weighted by Crippen LogP contribution is -2.38. The van der Waals surface area contributed by atoms with E-state index in [0.29, 0.717) is 0 Å². The zero-order valence-corrected chi connectivity index (χ0v) is 5.31. The van der Waals surface area contributed by atoms with Gasteiger partial charge in [-0.25, -0.2) is 0 Å². The Labute approximate surface area is 56.3 Å². The average molecular weight is 151 g/mol. The molecule has 0 aliphatic carbocycles. The van der Waals surface area contributed by atoms with Gasteiger partial charge in [0.05, 0.1) is 6.21 Å². The van der Waals surface area contributed by atoms with Gasteiger partial charge in [-0.3, -0.25) is 9.89 Å². The van der Waals surface area contributed by atoms with Crippen LogP contribution < -0.4 is 0 Å². The Hall–Kier alpha value is -0.580. The van der Waals surface area contributed by atoms with Crippen LogP contribution in [0.15, 0.2) is 4.99 Å². The first kappa shape index (κ1) is 7.53. The number of alkyl halides is 3. The van der Waals surface area contributed by atoms with Crippen molar-refractivity contribution in [1.82, 2.24) is 4.90 Å². The first-order valence-electron chi connectivity index (χ1n) is 2.71. The molecule has 10 heavy (non-hydrogen) atoms. The Morgan fingerprint density at radius 1 is 1.60 bits per heavy atom. The molecule has 0 N–H and O–H groups in total. The number of hydrogen-bond donors (Lipinski definition) is 0. The van der Waals surface area contributed by atoms with Gasteiger partial charge in [0, 0.05) is 6.54 Å². The van der Waals surface area contributed by atoms with E-state index in [4.69, 9.17) is 0 Å². The fourth-order valence-electron chi connectivity index (χ4n) is 0.747. The highest BCUT2D eigenvalue weighted by molar-refractivity contribution is 5.62. The van der Waals surface area contributed by atoms with Crippen molar-refractivity contribution >= 4 is 6.21 Å². The molecule has 5 heteroatoms. The number of hydrogen-bond acceptors (Lipinski definition) is 2. The van der Waals surface area contributed by atoms with Gasteiger partial charge in [0.25, 0.3) is 0 Å². The third-order valence-electron chi connectivity index (χ3n) is 1.24. The van der Waals surface area contributed by atoms with E-state index in [1.165, 1.54) is 7.05 Å². The van der Waals surface area contributed by atoms with Gasteiger partial charge in [-0.2, -0.15) is 13.2 Å². The van der Waals surface area contributed by atoms with Crippen molar-refractivity contribution in [1.29, 1.82) is 0 Å². The summed E-state index contributed by atoms with van der Waals surface area (Å²) in [6.07, 6.45) is -3.67. The molecule has 0 saturated carbocycles. The normalized spacial score (nSPS) is 27.8. The fourth-order valence-corrected chi connectivity index (χ4v) is 0.747.